The summed E-state index contributed by atoms with van der Waals surface area (Å²) in [4.78, 5) is 4.31. The quantitative estimate of drug-likeness (QED) is 0.258. The molecule has 0 aliphatic carbocycles. The first-order valence-corrected chi connectivity index (χ1v) is 13.1. The van der Waals surface area contributed by atoms with E-state index in [4.69, 9.17) is 0 Å². The summed E-state index contributed by atoms with van der Waals surface area (Å²) in [5.41, 5.74) is 14.3. The Balaban J connectivity index is 1.60. The number of nitrogens with zero attached hydrogens (tertiary/aromatic N) is 1. The molecule has 1 heterocycles. The number of rotatable bonds is 3. The zero-order valence-electron chi connectivity index (χ0n) is 23.0. The highest BCUT2D eigenvalue weighted by atomic mass is 16.3. The molecule has 1 aromatic heterocycles. The molecule has 0 aliphatic heterocycles. The summed E-state index contributed by atoms with van der Waals surface area (Å²) in [7, 11) is 0. The molecule has 0 bridgehead atoms. The highest BCUT2D eigenvalue weighted by Gasteiger charge is 2.28. The molecule has 3 heteroatoms. The van der Waals surface area contributed by atoms with Gasteiger partial charge < -0.3 is 5.11 Å². The van der Waals surface area contributed by atoms with Gasteiger partial charge in [-0.2, -0.15) is 0 Å². The molecule has 0 spiro atoms. The summed E-state index contributed by atoms with van der Waals surface area (Å²) in [6, 6.07) is 25.2. The molecule has 2 nitrogen and oxygen atoms in total. The van der Waals surface area contributed by atoms with Crippen LogP contribution < -0.4 is 16.4 Å². The first kappa shape index (κ1) is 25.4. The highest BCUT2D eigenvalue weighted by molar-refractivity contribution is 6.96. The largest absolute Gasteiger partial charge is 0.506 e. The number of fused-ring (bicyclic) bond motifs is 1. The van der Waals surface area contributed by atoms with Crippen molar-refractivity contribution in [2.45, 2.75) is 41.5 Å². The van der Waals surface area contributed by atoms with E-state index in [-0.39, 0.29) is 12.5 Å². The minimum absolute atomic E-state index is 0.144. The topological polar surface area (TPSA) is 33.1 Å². The zero-order valence-corrected chi connectivity index (χ0v) is 23.0. The van der Waals surface area contributed by atoms with Crippen LogP contribution in [0.5, 0.6) is 5.75 Å². The lowest BCUT2D eigenvalue weighted by molar-refractivity contribution is 0.480. The second-order valence-corrected chi connectivity index (χ2v) is 10.5. The first-order chi connectivity index (χ1) is 18.2. The molecule has 0 unspecified atom stereocenters. The van der Waals surface area contributed by atoms with Gasteiger partial charge in [0.2, 0.25) is 6.71 Å². The van der Waals surface area contributed by atoms with E-state index >= 15 is 0 Å². The molecule has 5 aromatic rings. The Morgan fingerprint density at radius 2 is 1.21 bits per heavy atom. The molecule has 1 N–H and O–H groups in total. The van der Waals surface area contributed by atoms with Gasteiger partial charge in [0.25, 0.3) is 0 Å². The van der Waals surface area contributed by atoms with Crippen LogP contribution in [0.1, 0.15) is 44.5 Å². The maximum absolute atomic E-state index is 10.1. The fraction of sp³-hybridized carbons (Fsp3) is 0.171. The Labute approximate surface area is 226 Å². The number of aromatic nitrogens is 1. The Hall–Kier alpha value is -4.29. The maximum atomic E-state index is 10.1. The Morgan fingerprint density at radius 3 is 1.76 bits per heavy atom. The van der Waals surface area contributed by atoms with E-state index < -0.39 is 0 Å². The van der Waals surface area contributed by atoms with E-state index in [1.807, 2.05) is 18.2 Å². The number of aryl methyl sites for hydroxylation is 6. The Bertz CT molecular complexity index is 1640. The van der Waals surface area contributed by atoms with Gasteiger partial charge in [0, 0.05) is 22.7 Å². The molecule has 186 valence electrons. The SMILES string of the molecule is Cc1cc(C)c(B(c2ccc(C#Cc3ccc(O)c4ncccc34)cc2)c2c(C)cc(C)cc2C)c(C)c1. The van der Waals surface area contributed by atoms with E-state index in [2.05, 4.69) is 107 Å². The summed E-state index contributed by atoms with van der Waals surface area (Å²) in [5.74, 6) is 6.78. The average molecular weight is 493 g/mol. The molecule has 0 fully saturated rings. The molecular weight excluding hydrogens is 461 g/mol. The molecule has 4 aromatic carbocycles. The van der Waals surface area contributed by atoms with Crippen LogP contribution in [0.15, 0.2) is 79.0 Å². The zero-order chi connectivity index (χ0) is 27.0. The van der Waals surface area contributed by atoms with E-state index in [0.29, 0.717) is 5.52 Å². The Morgan fingerprint density at radius 1 is 0.658 bits per heavy atom. The number of phenols is 1. The van der Waals surface area contributed by atoms with Gasteiger partial charge in [0.15, 0.2) is 0 Å². The fourth-order valence-electron chi connectivity index (χ4n) is 5.94. The number of benzene rings is 4. The molecule has 0 aliphatic rings. The maximum Gasteiger partial charge on any atom is 0.242 e. The van der Waals surface area contributed by atoms with Crippen molar-refractivity contribution in [1.29, 1.82) is 0 Å². The normalized spacial score (nSPS) is 10.8. The van der Waals surface area contributed by atoms with E-state index in [9.17, 15) is 5.11 Å². The second kappa shape index (κ2) is 10.2. The summed E-state index contributed by atoms with van der Waals surface area (Å²) >= 11 is 0. The van der Waals surface area contributed by atoms with Crippen LogP contribution >= 0.6 is 0 Å². The van der Waals surface area contributed by atoms with Crippen molar-refractivity contribution in [3.05, 3.63) is 124 Å². The van der Waals surface area contributed by atoms with Crippen LogP contribution in [0.4, 0.5) is 0 Å². The Kier molecular flexibility index (Phi) is 6.83. The smallest absolute Gasteiger partial charge is 0.242 e. The molecule has 0 radical (unpaired) electrons. The number of hydrogen-bond donors (Lipinski definition) is 1. The minimum Gasteiger partial charge on any atom is -0.506 e. The van der Waals surface area contributed by atoms with Gasteiger partial charge in [-0.1, -0.05) is 98.0 Å². The van der Waals surface area contributed by atoms with Crippen molar-refractivity contribution in [3.8, 4) is 17.6 Å². The molecular formula is C35H32BNO. The predicted molar refractivity (Wildman–Crippen MR) is 162 cm³/mol. The summed E-state index contributed by atoms with van der Waals surface area (Å²) in [5, 5.41) is 11.0. The highest BCUT2D eigenvalue weighted by Crippen LogP contribution is 2.24. The molecule has 0 amide bonds. The van der Waals surface area contributed by atoms with Gasteiger partial charge in [0.05, 0.1) is 0 Å². The third-order valence-electron chi connectivity index (χ3n) is 7.39. The van der Waals surface area contributed by atoms with Gasteiger partial charge >= 0.3 is 0 Å². The van der Waals surface area contributed by atoms with Crippen LogP contribution in [-0.2, 0) is 0 Å². The molecule has 38 heavy (non-hydrogen) atoms. The monoisotopic (exact) mass is 493 g/mol. The first-order valence-electron chi connectivity index (χ1n) is 13.1. The van der Waals surface area contributed by atoms with Crippen molar-refractivity contribution in [2.24, 2.45) is 0 Å². The van der Waals surface area contributed by atoms with Crippen molar-refractivity contribution in [1.82, 2.24) is 4.98 Å². The van der Waals surface area contributed by atoms with Gasteiger partial charge in [-0.15, -0.1) is 0 Å². The van der Waals surface area contributed by atoms with Crippen LogP contribution in [0.25, 0.3) is 10.9 Å². The standard InChI is InChI=1S/C35H32BNO/c1-22-18-24(3)33(25(4)19-22)36(34-26(5)20-23(2)21-27(34)6)30-14-10-28(11-15-30)9-12-29-13-16-32(38)35-31(29)8-7-17-37-35/h7-8,10-11,13-21,38H,1-6H3. The van der Waals surface area contributed by atoms with Crippen molar-refractivity contribution in [2.75, 3.05) is 0 Å². The third-order valence-corrected chi connectivity index (χ3v) is 7.39. The van der Waals surface area contributed by atoms with Crippen molar-refractivity contribution < 1.29 is 5.11 Å². The fourth-order valence-corrected chi connectivity index (χ4v) is 5.94. The third kappa shape index (κ3) is 4.83. The lowest BCUT2D eigenvalue weighted by atomic mass is 9.34. The number of aromatic hydroxyl groups is 1. The lowest BCUT2D eigenvalue weighted by Crippen LogP contribution is -2.55. The van der Waals surface area contributed by atoms with Crippen LogP contribution in [-0.4, -0.2) is 16.8 Å². The average Bonchev–Trinajstić information content (AvgIpc) is 2.87. The van der Waals surface area contributed by atoms with Crippen LogP contribution in [0.2, 0.25) is 0 Å². The number of phenolic OH excluding ortho intramolecular Hbond substituents is 1. The van der Waals surface area contributed by atoms with Crippen LogP contribution in [0.3, 0.4) is 0 Å². The summed E-state index contributed by atoms with van der Waals surface area (Å²) in [6.07, 6.45) is 1.68. The summed E-state index contributed by atoms with van der Waals surface area (Å²) in [6.45, 7) is 13.4. The predicted octanol–water partition coefficient (Wildman–Crippen LogP) is 5.71. The van der Waals surface area contributed by atoms with Crippen molar-refractivity contribution in [3.63, 3.8) is 0 Å². The molecule has 0 atom stereocenters. The van der Waals surface area contributed by atoms with Gasteiger partial charge in [0.1, 0.15) is 11.3 Å². The molecule has 5 rings (SSSR count). The minimum atomic E-state index is 0.144. The van der Waals surface area contributed by atoms with Gasteiger partial charge in [-0.05, 0) is 77.9 Å². The van der Waals surface area contributed by atoms with Crippen LogP contribution in [0, 0.1) is 53.4 Å². The lowest BCUT2D eigenvalue weighted by Gasteiger charge is -2.24. The van der Waals surface area contributed by atoms with E-state index in [0.717, 1.165) is 16.5 Å². The van der Waals surface area contributed by atoms with E-state index in [1.165, 1.54) is 49.8 Å². The number of hydrogen-bond acceptors (Lipinski definition) is 2. The van der Waals surface area contributed by atoms with Gasteiger partial charge in [-0.3, -0.25) is 4.98 Å². The van der Waals surface area contributed by atoms with Gasteiger partial charge in [-0.25, -0.2) is 0 Å². The summed E-state index contributed by atoms with van der Waals surface area (Å²) < 4.78 is 0. The number of pyridine rings is 1. The van der Waals surface area contributed by atoms with Crippen molar-refractivity contribution >= 4 is 34.0 Å². The molecule has 0 saturated heterocycles. The van der Waals surface area contributed by atoms with E-state index in [1.54, 1.807) is 12.3 Å². The molecule has 0 saturated carbocycles. The second-order valence-electron chi connectivity index (χ2n) is 10.5.